The zero-order valence-electron chi connectivity index (χ0n) is 17.4. The molecule has 0 radical (unpaired) electrons. The molecule has 8 heteroatoms. The van der Waals surface area contributed by atoms with E-state index in [2.05, 4.69) is 34.0 Å². The predicted octanol–water partition coefficient (Wildman–Crippen LogP) is 4.43. The minimum absolute atomic E-state index is 0.149. The van der Waals surface area contributed by atoms with Crippen molar-refractivity contribution in [2.45, 2.75) is 39.1 Å². The third-order valence-electron chi connectivity index (χ3n) is 4.61. The van der Waals surface area contributed by atoms with Crippen LogP contribution in [0.1, 0.15) is 38.1 Å². The van der Waals surface area contributed by atoms with Crippen molar-refractivity contribution in [1.82, 2.24) is 20.2 Å². The Morgan fingerprint density at radius 3 is 2.80 bits per heavy atom. The summed E-state index contributed by atoms with van der Waals surface area (Å²) in [6.07, 6.45) is 2.68. The number of hydrogen-bond donors (Lipinski definition) is 0. The molecule has 3 heterocycles. The SMILES string of the molecule is CC(=O)N1c2ccc(C)cc2-c2nnc(SCC(C)C)nc2OC1c1cccnc1. The number of hydrogen-bond acceptors (Lipinski definition) is 7. The molecule has 0 bridgehead atoms. The number of carbonyl (C=O) groups excluding carboxylic acids is 1. The highest BCUT2D eigenvalue weighted by Crippen LogP contribution is 2.43. The Kier molecular flexibility index (Phi) is 5.67. The molecule has 1 unspecified atom stereocenters. The smallest absolute Gasteiger partial charge is 0.247 e. The van der Waals surface area contributed by atoms with Crippen LogP contribution < -0.4 is 9.64 Å². The lowest BCUT2D eigenvalue weighted by Crippen LogP contribution is -2.36. The normalized spacial score (nSPS) is 15.2. The van der Waals surface area contributed by atoms with Crippen molar-refractivity contribution in [1.29, 1.82) is 0 Å². The summed E-state index contributed by atoms with van der Waals surface area (Å²) in [4.78, 5) is 23.2. The van der Waals surface area contributed by atoms with Crippen molar-refractivity contribution >= 4 is 23.4 Å². The summed E-state index contributed by atoms with van der Waals surface area (Å²) < 4.78 is 6.32. The first-order valence-electron chi connectivity index (χ1n) is 9.79. The Balaban J connectivity index is 1.89. The fraction of sp³-hybridized carbons (Fsp3) is 0.318. The van der Waals surface area contributed by atoms with E-state index in [4.69, 9.17) is 4.74 Å². The monoisotopic (exact) mass is 421 g/mol. The van der Waals surface area contributed by atoms with Crippen LogP contribution in [-0.2, 0) is 4.79 Å². The highest BCUT2D eigenvalue weighted by molar-refractivity contribution is 7.99. The number of aryl methyl sites for hydroxylation is 1. The minimum Gasteiger partial charge on any atom is -0.447 e. The van der Waals surface area contributed by atoms with E-state index >= 15 is 0 Å². The Bertz CT molecular complexity index is 1070. The van der Waals surface area contributed by atoms with Crippen LogP contribution in [0.2, 0.25) is 0 Å². The first kappa shape index (κ1) is 20.3. The summed E-state index contributed by atoms with van der Waals surface area (Å²) in [5.41, 5.74) is 3.80. The third kappa shape index (κ3) is 4.00. The highest BCUT2D eigenvalue weighted by atomic mass is 32.2. The Morgan fingerprint density at radius 2 is 2.10 bits per heavy atom. The quantitative estimate of drug-likeness (QED) is 0.576. The zero-order valence-corrected chi connectivity index (χ0v) is 18.2. The van der Waals surface area contributed by atoms with Crippen molar-refractivity contribution in [2.24, 2.45) is 5.92 Å². The van der Waals surface area contributed by atoms with Gasteiger partial charge in [0, 0.05) is 36.2 Å². The van der Waals surface area contributed by atoms with Gasteiger partial charge < -0.3 is 4.74 Å². The molecular formula is C22H23N5O2S. The summed E-state index contributed by atoms with van der Waals surface area (Å²) in [5, 5.41) is 9.31. The van der Waals surface area contributed by atoms with Gasteiger partial charge in [0.2, 0.25) is 23.2 Å². The van der Waals surface area contributed by atoms with Crippen LogP contribution in [0, 0.1) is 12.8 Å². The fourth-order valence-electron chi connectivity index (χ4n) is 3.26. The maximum atomic E-state index is 12.7. The van der Waals surface area contributed by atoms with Gasteiger partial charge in [-0.3, -0.25) is 14.7 Å². The summed E-state index contributed by atoms with van der Waals surface area (Å²) >= 11 is 1.54. The van der Waals surface area contributed by atoms with E-state index in [9.17, 15) is 4.79 Å². The van der Waals surface area contributed by atoms with Crippen LogP contribution in [-0.4, -0.2) is 31.8 Å². The van der Waals surface area contributed by atoms with Crippen molar-refractivity contribution in [3.63, 3.8) is 0 Å². The third-order valence-corrected chi connectivity index (χ3v) is 5.88. The molecule has 1 aliphatic heterocycles. The van der Waals surface area contributed by atoms with Crippen LogP contribution in [0.25, 0.3) is 11.3 Å². The number of ether oxygens (including phenoxy) is 1. The van der Waals surface area contributed by atoms with Gasteiger partial charge in [-0.1, -0.05) is 43.3 Å². The number of anilines is 1. The summed E-state index contributed by atoms with van der Waals surface area (Å²) in [5.74, 6) is 1.59. The van der Waals surface area contributed by atoms with Crippen LogP contribution >= 0.6 is 11.8 Å². The van der Waals surface area contributed by atoms with E-state index in [0.29, 0.717) is 28.3 Å². The summed E-state index contributed by atoms with van der Waals surface area (Å²) in [6, 6.07) is 9.57. The summed E-state index contributed by atoms with van der Waals surface area (Å²) in [6.45, 7) is 7.80. The maximum absolute atomic E-state index is 12.7. The van der Waals surface area contributed by atoms with Crippen LogP contribution in [0.3, 0.4) is 0 Å². The predicted molar refractivity (Wildman–Crippen MR) is 116 cm³/mol. The molecule has 30 heavy (non-hydrogen) atoms. The summed E-state index contributed by atoms with van der Waals surface area (Å²) in [7, 11) is 0. The molecule has 0 saturated heterocycles. The lowest BCUT2D eigenvalue weighted by atomic mass is 10.0. The molecule has 0 fully saturated rings. The molecule has 3 aromatic rings. The maximum Gasteiger partial charge on any atom is 0.247 e. The molecule has 1 aromatic carbocycles. The standard InChI is InChI=1S/C22H23N5O2S/c1-13(2)12-30-22-24-20-19(25-26-22)17-10-14(3)7-8-18(17)27(15(4)28)21(29-20)16-6-5-9-23-11-16/h5-11,13,21H,12H2,1-4H3. The number of rotatable bonds is 4. The molecule has 7 nitrogen and oxygen atoms in total. The second-order valence-corrected chi connectivity index (χ2v) is 8.61. The van der Waals surface area contributed by atoms with Crippen molar-refractivity contribution in [3.05, 3.63) is 53.9 Å². The van der Waals surface area contributed by atoms with E-state index in [1.54, 1.807) is 17.3 Å². The van der Waals surface area contributed by atoms with E-state index in [-0.39, 0.29) is 5.91 Å². The van der Waals surface area contributed by atoms with Gasteiger partial charge in [0.05, 0.1) is 5.69 Å². The number of pyridine rings is 1. The number of carbonyl (C=O) groups is 1. The largest absolute Gasteiger partial charge is 0.447 e. The Hall–Kier alpha value is -3.00. The number of amides is 1. The molecule has 1 aliphatic rings. The number of thioether (sulfide) groups is 1. The molecule has 0 N–H and O–H groups in total. The zero-order chi connectivity index (χ0) is 21.3. The van der Waals surface area contributed by atoms with E-state index in [1.165, 1.54) is 18.7 Å². The van der Waals surface area contributed by atoms with E-state index < -0.39 is 6.23 Å². The number of aromatic nitrogens is 4. The molecule has 2 aromatic heterocycles. The molecule has 0 spiro atoms. The molecular weight excluding hydrogens is 398 g/mol. The second-order valence-electron chi connectivity index (χ2n) is 7.62. The lowest BCUT2D eigenvalue weighted by molar-refractivity contribution is -0.118. The van der Waals surface area contributed by atoms with Crippen LogP contribution in [0.4, 0.5) is 5.69 Å². The Labute approximate surface area is 179 Å². The number of nitrogens with zero attached hydrogens (tertiary/aromatic N) is 5. The Morgan fingerprint density at radius 1 is 1.27 bits per heavy atom. The van der Waals surface area contributed by atoms with Gasteiger partial charge in [0.25, 0.3) is 0 Å². The van der Waals surface area contributed by atoms with Crippen LogP contribution in [0.15, 0.2) is 47.9 Å². The van der Waals surface area contributed by atoms with Gasteiger partial charge in [-0.2, -0.15) is 4.98 Å². The molecule has 0 saturated carbocycles. The molecule has 0 aliphatic carbocycles. The first-order chi connectivity index (χ1) is 14.4. The lowest BCUT2D eigenvalue weighted by Gasteiger charge is -2.29. The molecule has 1 atom stereocenters. The van der Waals surface area contributed by atoms with Gasteiger partial charge in [0.15, 0.2) is 5.69 Å². The average Bonchev–Trinajstić information content (AvgIpc) is 2.87. The van der Waals surface area contributed by atoms with E-state index in [0.717, 1.165) is 22.4 Å². The van der Waals surface area contributed by atoms with Gasteiger partial charge in [0.1, 0.15) is 0 Å². The van der Waals surface area contributed by atoms with Crippen molar-refractivity contribution in [2.75, 3.05) is 10.7 Å². The van der Waals surface area contributed by atoms with Gasteiger partial charge in [-0.15, -0.1) is 10.2 Å². The topological polar surface area (TPSA) is 81.1 Å². The number of benzene rings is 1. The van der Waals surface area contributed by atoms with Gasteiger partial charge >= 0.3 is 0 Å². The van der Waals surface area contributed by atoms with Crippen molar-refractivity contribution < 1.29 is 9.53 Å². The first-order valence-corrected chi connectivity index (χ1v) is 10.8. The average molecular weight is 422 g/mol. The fourth-order valence-corrected chi connectivity index (χ4v) is 3.99. The molecule has 154 valence electrons. The second kappa shape index (κ2) is 8.39. The van der Waals surface area contributed by atoms with Gasteiger partial charge in [-0.25, -0.2) is 0 Å². The van der Waals surface area contributed by atoms with Gasteiger partial charge in [-0.05, 0) is 31.0 Å². The number of fused-ring (bicyclic) bond motifs is 3. The molecule has 1 amide bonds. The molecule has 4 rings (SSSR count). The van der Waals surface area contributed by atoms with Crippen LogP contribution in [0.5, 0.6) is 5.88 Å². The van der Waals surface area contributed by atoms with Crippen molar-refractivity contribution in [3.8, 4) is 17.1 Å². The van der Waals surface area contributed by atoms with E-state index in [1.807, 2.05) is 37.3 Å². The minimum atomic E-state index is -0.710. The highest BCUT2D eigenvalue weighted by Gasteiger charge is 2.34.